The highest BCUT2D eigenvalue weighted by Gasteiger charge is 2.20. The highest BCUT2D eigenvalue weighted by molar-refractivity contribution is 14.0. The number of hydrogen-bond donors (Lipinski definition) is 1. The Bertz CT molecular complexity index is 478. The first-order valence-corrected chi connectivity index (χ1v) is 8.98. The van der Waals surface area contributed by atoms with Crippen molar-refractivity contribution in [2.24, 2.45) is 10.9 Å². The van der Waals surface area contributed by atoms with E-state index in [1.54, 1.807) is 6.26 Å². The highest BCUT2D eigenvalue weighted by atomic mass is 127. The maximum absolute atomic E-state index is 5.70. The second-order valence-corrected chi connectivity index (χ2v) is 6.73. The molecule has 1 atom stereocenters. The third kappa shape index (κ3) is 5.95. The fourth-order valence-electron chi connectivity index (χ4n) is 3.22. The molecule has 0 saturated carbocycles. The summed E-state index contributed by atoms with van der Waals surface area (Å²) in [7, 11) is 0. The zero-order valence-electron chi connectivity index (χ0n) is 14.6. The van der Waals surface area contributed by atoms with Gasteiger partial charge < -0.3 is 19.4 Å². The molecule has 5 nitrogen and oxygen atoms in total. The Kier molecular flexibility index (Phi) is 8.38. The first-order valence-electron chi connectivity index (χ1n) is 8.98. The van der Waals surface area contributed by atoms with Crippen LogP contribution in [0.3, 0.4) is 0 Å². The number of nitrogens with one attached hydrogen (secondary N) is 1. The smallest absolute Gasteiger partial charge is 0.194 e. The van der Waals surface area contributed by atoms with Crippen LogP contribution < -0.4 is 5.32 Å². The van der Waals surface area contributed by atoms with Gasteiger partial charge in [-0.2, -0.15) is 0 Å². The normalized spacial score (nSPS) is 22.5. The Balaban J connectivity index is 0.00000208. The molecule has 0 bridgehead atoms. The highest BCUT2D eigenvalue weighted by Crippen LogP contribution is 2.17. The maximum Gasteiger partial charge on any atom is 0.194 e. The monoisotopic (exact) mass is 447 g/mol. The minimum Gasteiger partial charge on any atom is -0.469 e. The molecule has 2 saturated heterocycles. The van der Waals surface area contributed by atoms with Crippen molar-refractivity contribution in [3.05, 3.63) is 24.2 Å². The number of furan rings is 1. The predicted octanol–water partition coefficient (Wildman–Crippen LogP) is 3.30. The van der Waals surface area contributed by atoms with Gasteiger partial charge in [0.15, 0.2) is 5.96 Å². The minimum atomic E-state index is 0. The number of guanidine groups is 1. The van der Waals surface area contributed by atoms with Gasteiger partial charge in [0.2, 0.25) is 0 Å². The van der Waals surface area contributed by atoms with Gasteiger partial charge in [0.25, 0.3) is 0 Å². The van der Waals surface area contributed by atoms with Crippen LogP contribution in [0.5, 0.6) is 0 Å². The standard InChI is InChI=1S/C18H29N3O2.HI/c1-15-7-10-21(11-8-15)18(20-14-17-5-3-13-23-17)19-9-6-16-4-2-12-22-16;/h2,4,12,15,17H,3,5-11,13-14H2,1H3,(H,19,20);1H. The summed E-state index contributed by atoms with van der Waals surface area (Å²) in [6, 6.07) is 3.96. The van der Waals surface area contributed by atoms with E-state index in [1.165, 1.54) is 19.3 Å². The van der Waals surface area contributed by atoms with E-state index in [0.29, 0.717) is 6.10 Å². The summed E-state index contributed by atoms with van der Waals surface area (Å²) < 4.78 is 11.1. The van der Waals surface area contributed by atoms with Crippen LogP contribution in [-0.4, -0.2) is 49.7 Å². The zero-order valence-corrected chi connectivity index (χ0v) is 16.9. The van der Waals surface area contributed by atoms with Crippen LogP contribution in [0.25, 0.3) is 0 Å². The molecule has 1 N–H and O–H groups in total. The van der Waals surface area contributed by atoms with E-state index in [1.807, 2.05) is 12.1 Å². The van der Waals surface area contributed by atoms with Crippen LogP contribution in [0.2, 0.25) is 0 Å². The van der Waals surface area contributed by atoms with E-state index >= 15 is 0 Å². The van der Waals surface area contributed by atoms with Crippen molar-refractivity contribution in [2.75, 3.05) is 32.8 Å². The van der Waals surface area contributed by atoms with Gasteiger partial charge in [-0.1, -0.05) is 6.92 Å². The molecule has 0 radical (unpaired) electrons. The van der Waals surface area contributed by atoms with Gasteiger partial charge in [-0.3, -0.25) is 4.99 Å². The molecule has 6 heteroatoms. The number of nitrogens with zero attached hydrogens (tertiary/aromatic N) is 2. The van der Waals surface area contributed by atoms with Gasteiger partial charge in [0, 0.05) is 32.7 Å². The van der Waals surface area contributed by atoms with Crippen molar-refractivity contribution in [1.29, 1.82) is 0 Å². The van der Waals surface area contributed by atoms with E-state index in [9.17, 15) is 0 Å². The SMILES string of the molecule is CC1CCN(C(=NCC2CCCO2)NCCc2ccco2)CC1.I. The largest absolute Gasteiger partial charge is 0.469 e. The third-order valence-corrected chi connectivity index (χ3v) is 4.79. The molecular weight excluding hydrogens is 417 g/mol. The van der Waals surface area contributed by atoms with Crippen LogP contribution >= 0.6 is 24.0 Å². The number of rotatable bonds is 5. The van der Waals surface area contributed by atoms with Crippen molar-refractivity contribution in [2.45, 2.75) is 45.1 Å². The summed E-state index contributed by atoms with van der Waals surface area (Å²) >= 11 is 0. The van der Waals surface area contributed by atoms with E-state index < -0.39 is 0 Å². The molecule has 0 amide bonds. The number of halogens is 1. The van der Waals surface area contributed by atoms with Gasteiger partial charge >= 0.3 is 0 Å². The molecule has 1 aromatic rings. The molecule has 3 heterocycles. The van der Waals surface area contributed by atoms with Gasteiger partial charge in [-0.25, -0.2) is 0 Å². The summed E-state index contributed by atoms with van der Waals surface area (Å²) in [5.41, 5.74) is 0. The lowest BCUT2D eigenvalue weighted by Gasteiger charge is -2.33. The lowest BCUT2D eigenvalue weighted by atomic mass is 9.99. The van der Waals surface area contributed by atoms with E-state index in [2.05, 4.69) is 17.1 Å². The van der Waals surface area contributed by atoms with Crippen molar-refractivity contribution < 1.29 is 9.15 Å². The van der Waals surface area contributed by atoms with Gasteiger partial charge in [0.1, 0.15) is 5.76 Å². The fourth-order valence-corrected chi connectivity index (χ4v) is 3.22. The molecule has 2 aliphatic rings. The summed E-state index contributed by atoms with van der Waals surface area (Å²) in [5.74, 6) is 2.89. The molecule has 1 aromatic heterocycles. The van der Waals surface area contributed by atoms with Gasteiger partial charge in [-0.05, 0) is 43.7 Å². The lowest BCUT2D eigenvalue weighted by molar-refractivity contribution is 0.117. The van der Waals surface area contributed by atoms with Crippen LogP contribution in [0, 0.1) is 5.92 Å². The molecule has 3 rings (SSSR count). The average Bonchev–Trinajstić information content (AvgIpc) is 3.25. The molecule has 2 aliphatic heterocycles. The summed E-state index contributed by atoms with van der Waals surface area (Å²) in [5, 5.41) is 3.53. The Morgan fingerprint density at radius 3 is 2.83 bits per heavy atom. The van der Waals surface area contributed by atoms with Crippen LogP contribution in [-0.2, 0) is 11.2 Å². The van der Waals surface area contributed by atoms with Crippen molar-refractivity contribution >= 4 is 29.9 Å². The molecular formula is C18H30IN3O2. The number of ether oxygens (including phenoxy) is 1. The fraction of sp³-hybridized carbons (Fsp3) is 0.722. The number of piperidine rings is 1. The summed E-state index contributed by atoms with van der Waals surface area (Å²) in [4.78, 5) is 7.25. The second kappa shape index (κ2) is 10.3. The molecule has 24 heavy (non-hydrogen) atoms. The molecule has 0 spiro atoms. The lowest BCUT2D eigenvalue weighted by Crippen LogP contribution is -2.46. The summed E-state index contributed by atoms with van der Waals surface area (Å²) in [6.07, 6.45) is 7.73. The Labute approximate surface area is 162 Å². The molecule has 1 unspecified atom stereocenters. The first kappa shape index (κ1) is 19.6. The summed E-state index contributed by atoms with van der Waals surface area (Å²) in [6.45, 7) is 7.05. The molecule has 2 fully saturated rings. The van der Waals surface area contributed by atoms with Crippen molar-refractivity contribution in [1.82, 2.24) is 10.2 Å². The van der Waals surface area contributed by atoms with Gasteiger partial charge in [-0.15, -0.1) is 24.0 Å². The average molecular weight is 447 g/mol. The number of aliphatic imine (C=N–C) groups is 1. The number of hydrogen-bond acceptors (Lipinski definition) is 3. The Morgan fingerprint density at radius 1 is 1.33 bits per heavy atom. The van der Waals surface area contributed by atoms with Crippen LogP contribution in [0.1, 0.15) is 38.4 Å². The zero-order chi connectivity index (χ0) is 15.9. The Hall–Kier alpha value is -0.760. The molecule has 0 aliphatic carbocycles. The topological polar surface area (TPSA) is 50.0 Å². The van der Waals surface area contributed by atoms with Crippen molar-refractivity contribution in [3.63, 3.8) is 0 Å². The second-order valence-electron chi connectivity index (χ2n) is 6.73. The number of likely N-dealkylation sites (tertiary alicyclic amines) is 1. The quantitative estimate of drug-likeness (QED) is 0.428. The predicted molar refractivity (Wildman–Crippen MR) is 107 cm³/mol. The maximum atomic E-state index is 5.70. The van der Waals surface area contributed by atoms with E-state index in [0.717, 1.165) is 63.3 Å². The Morgan fingerprint density at radius 2 is 2.17 bits per heavy atom. The van der Waals surface area contributed by atoms with E-state index in [4.69, 9.17) is 14.1 Å². The first-order chi connectivity index (χ1) is 11.3. The van der Waals surface area contributed by atoms with Crippen LogP contribution in [0.4, 0.5) is 0 Å². The molecule has 136 valence electrons. The van der Waals surface area contributed by atoms with E-state index in [-0.39, 0.29) is 24.0 Å². The van der Waals surface area contributed by atoms with Crippen LogP contribution in [0.15, 0.2) is 27.8 Å². The third-order valence-electron chi connectivity index (χ3n) is 4.79. The van der Waals surface area contributed by atoms with Gasteiger partial charge in [0.05, 0.1) is 18.9 Å². The van der Waals surface area contributed by atoms with Crippen molar-refractivity contribution in [3.8, 4) is 0 Å². The molecule has 0 aromatic carbocycles. The minimum absolute atomic E-state index is 0.